The molecule has 122 valence electrons. The SMILES string of the molecule is CCCCS(=O)(=O)N1CCC[C@@H]1C(=O)Nc1ccc(Cl)cc1. The van der Waals surface area contributed by atoms with Crippen LogP contribution in [0, 0.1) is 0 Å². The Kier molecular flexibility index (Phi) is 5.83. The maximum Gasteiger partial charge on any atom is 0.242 e. The van der Waals surface area contributed by atoms with E-state index in [-0.39, 0.29) is 11.7 Å². The lowest BCUT2D eigenvalue weighted by atomic mass is 10.2. The Morgan fingerprint density at radius 2 is 2.05 bits per heavy atom. The third-order valence-corrected chi connectivity index (χ3v) is 5.94. The van der Waals surface area contributed by atoms with Crippen molar-refractivity contribution in [3.05, 3.63) is 29.3 Å². The van der Waals surface area contributed by atoms with Crippen LogP contribution in [0.2, 0.25) is 5.02 Å². The van der Waals surface area contributed by atoms with Gasteiger partial charge in [0, 0.05) is 17.3 Å². The topological polar surface area (TPSA) is 66.5 Å². The maximum absolute atomic E-state index is 12.4. The predicted octanol–water partition coefficient (Wildman–Crippen LogP) is 2.87. The molecule has 1 amide bonds. The van der Waals surface area contributed by atoms with E-state index < -0.39 is 16.1 Å². The van der Waals surface area contributed by atoms with Crippen LogP contribution in [0.3, 0.4) is 0 Å². The summed E-state index contributed by atoms with van der Waals surface area (Å²) in [6, 6.07) is 6.15. The van der Waals surface area contributed by atoms with Gasteiger partial charge in [0.25, 0.3) is 0 Å². The minimum Gasteiger partial charge on any atom is -0.325 e. The van der Waals surface area contributed by atoms with Crippen LogP contribution >= 0.6 is 11.6 Å². The molecule has 0 spiro atoms. The molecule has 1 aliphatic heterocycles. The van der Waals surface area contributed by atoms with Crippen molar-refractivity contribution in [1.82, 2.24) is 4.31 Å². The van der Waals surface area contributed by atoms with Gasteiger partial charge in [-0.15, -0.1) is 0 Å². The first-order valence-electron chi connectivity index (χ1n) is 7.50. The van der Waals surface area contributed by atoms with E-state index in [1.807, 2.05) is 6.92 Å². The molecule has 2 rings (SSSR count). The smallest absolute Gasteiger partial charge is 0.242 e. The Morgan fingerprint density at radius 1 is 1.36 bits per heavy atom. The Labute approximate surface area is 136 Å². The van der Waals surface area contributed by atoms with Crippen molar-refractivity contribution in [3.8, 4) is 0 Å². The number of nitrogens with zero attached hydrogens (tertiary/aromatic N) is 1. The van der Waals surface area contributed by atoms with Gasteiger partial charge in [-0.3, -0.25) is 4.79 Å². The number of carbonyl (C=O) groups excluding carboxylic acids is 1. The van der Waals surface area contributed by atoms with Gasteiger partial charge in [0.2, 0.25) is 15.9 Å². The van der Waals surface area contributed by atoms with Crippen LogP contribution in [-0.4, -0.2) is 37.0 Å². The summed E-state index contributed by atoms with van der Waals surface area (Å²) in [5.74, 6) is -0.172. The van der Waals surface area contributed by atoms with Gasteiger partial charge in [-0.05, 0) is 43.5 Å². The molecule has 0 aliphatic carbocycles. The van der Waals surface area contributed by atoms with Crippen molar-refractivity contribution in [2.45, 2.75) is 38.6 Å². The van der Waals surface area contributed by atoms with Crippen LogP contribution in [0.4, 0.5) is 5.69 Å². The molecule has 1 saturated heterocycles. The molecule has 7 heteroatoms. The highest BCUT2D eigenvalue weighted by Crippen LogP contribution is 2.24. The third kappa shape index (κ3) is 4.21. The van der Waals surface area contributed by atoms with Crippen molar-refractivity contribution in [2.75, 3.05) is 17.6 Å². The van der Waals surface area contributed by atoms with Crippen LogP contribution in [-0.2, 0) is 14.8 Å². The largest absolute Gasteiger partial charge is 0.325 e. The fourth-order valence-electron chi connectivity index (χ4n) is 2.54. The normalized spacial score (nSPS) is 19.3. The molecule has 1 heterocycles. The molecule has 22 heavy (non-hydrogen) atoms. The van der Waals surface area contributed by atoms with Crippen molar-refractivity contribution in [3.63, 3.8) is 0 Å². The minimum atomic E-state index is -3.36. The van der Waals surface area contributed by atoms with Crippen LogP contribution in [0.5, 0.6) is 0 Å². The second-order valence-electron chi connectivity index (χ2n) is 5.43. The van der Waals surface area contributed by atoms with Crippen LogP contribution < -0.4 is 5.32 Å². The summed E-state index contributed by atoms with van der Waals surface area (Å²) in [5.41, 5.74) is 0.618. The number of carbonyl (C=O) groups is 1. The highest BCUT2D eigenvalue weighted by Gasteiger charge is 2.38. The number of benzene rings is 1. The summed E-state index contributed by atoms with van der Waals surface area (Å²) < 4.78 is 26.0. The molecular formula is C15H21ClN2O3S. The highest BCUT2D eigenvalue weighted by atomic mass is 35.5. The highest BCUT2D eigenvalue weighted by molar-refractivity contribution is 7.89. The van der Waals surface area contributed by atoms with Crippen molar-refractivity contribution < 1.29 is 13.2 Å². The summed E-state index contributed by atoms with van der Waals surface area (Å²) in [5, 5.41) is 3.35. The molecule has 1 fully saturated rings. The molecule has 0 radical (unpaired) electrons. The summed E-state index contributed by atoms with van der Waals surface area (Å²) in [7, 11) is -3.36. The summed E-state index contributed by atoms with van der Waals surface area (Å²) >= 11 is 5.81. The molecule has 1 aromatic rings. The van der Waals surface area contributed by atoms with Gasteiger partial charge in [0.05, 0.1) is 5.75 Å². The zero-order valence-electron chi connectivity index (χ0n) is 12.6. The molecule has 1 aliphatic rings. The zero-order chi connectivity index (χ0) is 16.2. The third-order valence-electron chi connectivity index (χ3n) is 3.73. The molecule has 1 N–H and O–H groups in total. The van der Waals surface area contributed by atoms with E-state index in [0.29, 0.717) is 36.5 Å². The van der Waals surface area contributed by atoms with Crippen molar-refractivity contribution in [2.24, 2.45) is 0 Å². The lowest BCUT2D eigenvalue weighted by molar-refractivity contribution is -0.119. The molecular weight excluding hydrogens is 324 g/mol. The van der Waals surface area contributed by atoms with E-state index in [0.717, 1.165) is 6.42 Å². The van der Waals surface area contributed by atoms with E-state index in [9.17, 15) is 13.2 Å². The monoisotopic (exact) mass is 344 g/mol. The van der Waals surface area contributed by atoms with Gasteiger partial charge < -0.3 is 5.32 Å². The lowest BCUT2D eigenvalue weighted by Crippen LogP contribution is -2.44. The number of nitrogens with one attached hydrogen (secondary N) is 1. The lowest BCUT2D eigenvalue weighted by Gasteiger charge is -2.23. The van der Waals surface area contributed by atoms with Crippen LogP contribution in [0.25, 0.3) is 0 Å². The van der Waals surface area contributed by atoms with Gasteiger partial charge in [0.15, 0.2) is 0 Å². The Hall–Kier alpha value is -1.11. The summed E-state index contributed by atoms with van der Waals surface area (Å²) in [6.07, 6.45) is 2.70. The fourth-order valence-corrected chi connectivity index (χ4v) is 4.55. The second-order valence-corrected chi connectivity index (χ2v) is 7.91. The number of halogens is 1. The standard InChI is InChI=1S/C15H21ClN2O3S/c1-2-3-11-22(20,21)18-10-4-5-14(18)15(19)17-13-8-6-12(16)7-9-13/h6-9,14H,2-5,10-11H2,1H3,(H,17,19)/t14-/m1/s1. The molecule has 1 aromatic carbocycles. The molecule has 0 aromatic heterocycles. The number of unbranched alkanes of at least 4 members (excludes halogenated alkanes) is 1. The quantitative estimate of drug-likeness (QED) is 0.862. The summed E-state index contributed by atoms with van der Waals surface area (Å²) in [4.78, 5) is 12.4. The number of amides is 1. The van der Waals surface area contributed by atoms with Gasteiger partial charge in [-0.2, -0.15) is 4.31 Å². The van der Waals surface area contributed by atoms with Gasteiger partial charge in [-0.1, -0.05) is 24.9 Å². The van der Waals surface area contributed by atoms with Crippen LogP contribution in [0.1, 0.15) is 32.6 Å². The Bertz CT molecular complexity index is 616. The maximum atomic E-state index is 12.4. The first-order valence-corrected chi connectivity index (χ1v) is 9.48. The molecule has 0 bridgehead atoms. The molecule has 5 nitrogen and oxygen atoms in total. The van der Waals surface area contributed by atoms with Crippen molar-refractivity contribution in [1.29, 1.82) is 0 Å². The van der Waals surface area contributed by atoms with Gasteiger partial charge in [0.1, 0.15) is 6.04 Å². The van der Waals surface area contributed by atoms with E-state index in [4.69, 9.17) is 11.6 Å². The minimum absolute atomic E-state index is 0.105. The Balaban J connectivity index is 2.06. The first kappa shape index (κ1) is 17.2. The number of anilines is 1. The predicted molar refractivity (Wildman–Crippen MR) is 88.5 cm³/mol. The van der Waals surface area contributed by atoms with E-state index >= 15 is 0 Å². The zero-order valence-corrected chi connectivity index (χ0v) is 14.2. The number of hydrogen-bond acceptors (Lipinski definition) is 3. The molecule has 0 saturated carbocycles. The Morgan fingerprint density at radius 3 is 2.68 bits per heavy atom. The molecule has 0 unspecified atom stereocenters. The average Bonchev–Trinajstić information content (AvgIpc) is 2.98. The number of rotatable bonds is 6. The second kappa shape index (κ2) is 7.44. The fraction of sp³-hybridized carbons (Fsp3) is 0.533. The van der Waals surface area contributed by atoms with E-state index in [1.54, 1.807) is 24.3 Å². The number of sulfonamides is 1. The average molecular weight is 345 g/mol. The first-order chi connectivity index (χ1) is 10.4. The van der Waals surface area contributed by atoms with Gasteiger partial charge >= 0.3 is 0 Å². The van der Waals surface area contributed by atoms with Crippen LogP contribution in [0.15, 0.2) is 24.3 Å². The van der Waals surface area contributed by atoms with E-state index in [1.165, 1.54) is 4.31 Å². The van der Waals surface area contributed by atoms with Gasteiger partial charge in [-0.25, -0.2) is 8.42 Å². The van der Waals surface area contributed by atoms with Crippen molar-refractivity contribution >= 4 is 33.2 Å². The number of hydrogen-bond donors (Lipinski definition) is 1. The summed E-state index contributed by atoms with van der Waals surface area (Å²) in [6.45, 7) is 2.37. The van der Waals surface area contributed by atoms with E-state index in [2.05, 4.69) is 5.32 Å². The molecule has 1 atom stereocenters.